The number of hydrogen-bond acceptors (Lipinski definition) is 3. The molecule has 3 nitrogen and oxygen atoms in total. The Morgan fingerprint density at radius 1 is 0.526 bits per heavy atom. The van der Waals surface area contributed by atoms with Crippen LogP contribution in [-0.4, -0.2) is 16.7 Å². The average Bonchev–Trinajstić information content (AvgIpc) is 3.67. The molecule has 0 saturated carbocycles. The molecule has 12 rings (SSSR count). The van der Waals surface area contributed by atoms with Crippen LogP contribution in [0.1, 0.15) is 0 Å². The standard InChI is InChI=1S/C53H34N3S/c1-3-16-34(17-4-1)55-46-28-10-11-29-47(46)56(35-18-5-2-6-19-35)49-33-45-44(32-48(49)55)40-24-13-23-39(43-26-14-25-42-37-21-9-12-30-50(37)57-53(42)43)51(40)38-22-8-7-20-36(38)41-27-15-31-54-52(41)45/h1-33,47H/q+1. The summed E-state index contributed by atoms with van der Waals surface area (Å²) in [5.41, 5.74) is 17.4. The van der Waals surface area contributed by atoms with Gasteiger partial charge in [0.25, 0.3) is 0 Å². The Bertz CT molecular complexity index is 3190. The number of allylic oxidation sites excluding steroid dienone is 2. The van der Waals surface area contributed by atoms with Crippen molar-refractivity contribution in [1.29, 1.82) is 0 Å². The SMILES string of the molecule is C1=CC2=[N+](c3ccccc3)c3cc4c(cc3N(c3ccccc3)C2C=C1)-c1ncccc1-c1ccccc1-c1c-4cccc1-c1cccc2c1sc1ccccc12. The third-order valence-corrected chi connectivity index (χ3v) is 13.0. The van der Waals surface area contributed by atoms with Crippen molar-refractivity contribution in [2.45, 2.75) is 6.04 Å². The number of aromatic nitrogens is 1. The molecule has 266 valence electrons. The van der Waals surface area contributed by atoms with Gasteiger partial charge < -0.3 is 4.90 Å². The van der Waals surface area contributed by atoms with Gasteiger partial charge in [-0.25, -0.2) is 0 Å². The van der Waals surface area contributed by atoms with Crippen LogP contribution in [0.15, 0.2) is 200 Å². The van der Waals surface area contributed by atoms with E-state index in [9.17, 15) is 0 Å². The van der Waals surface area contributed by atoms with Gasteiger partial charge in [-0.05, 0) is 63.7 Å². The normalized spacial score (nSPS) is 14.9. The Labute approximate surface area is 335 Å². The van der Waals surface area contributed by atoms with Crippen molar-refractivity contribution in [2.24, 2.45) is 0 Å². The highest BCUT2D eigenvalue weighted by Gasteiger charge is 2.41. The van der Waals surface area contributed by atoms with E-state index in [1.807, 2.05) is 17.5 Å². The smallest absolute Gasteiger partial charge is 0.236 e. The van der Waals surface area contributed by atoms with Gasteiger partial charge in [0.05, 0.1) is 5.69 Å². The number of anilines is 2. The molecule has 2 aromatic heterocycles. The summed E-state index contributed by atoms with van der Waals surface area (Å²) in [6.45, 7) is 0. The minimum Gasteiger partial charge on any atom is -0.319 e. The lowest BCUT2D eigenvalue weighted by molar-refractivity contribution is 0.897. The fraction of sp³-hybridized carbons (Fsp3) is 0.0189. The van der Waals surface area contributed by atoms with Crippen LogP contribution >= 0.6 is 11.3 Å². The van der Waals surface area contributed by atoms with Crippen LogP contribution in [0.3, 0.4) is 0 Å². The van der Waals surface area contributed by atoms with Gasteiger partial charge in [-0.15, -0.1) is 11.3 Å². The van der Waals surface area contributed by atoms with E-state index in [0.29, 0.717) is 0 Å². The molecule has 0 N–H and O–H groups in total. The maximum Gasteiger partial charge on any atom is 0.236 e. The molecule has 0 fully saturated rings. The molecule has 0 bridgehead atoms. The molecular weight excluding hydrogens is 711 g/mol. The maximum atomic E-state index is 5.22. The monoisotopic (exact) mass is 744 g/mol. The van der Waals surface area contributed by atoms with Gasteiger partial charge in [0, 0.05) is 73.0 Å². The van der Waals surface area contributed by atoms with Gasteiger partial charge in [-0.2, -0.15) is 4.58 Å². The molecule has 1 aliphatic heterocycles. The van der Waals surface area contributed by atoms with E-state index in [2.05, 4.69) is 204 Å². The zero-order valence-electron chi connectivity index (χ0n) is 30.9. The van der Waals surface area contributed by atoms with E-state index in [1.165, 1.54) is 59.3 Å². The molecule has 57 heavy (non-hydrogen) atoms. The number of nitrogens with zero attached hydrogens (tertiary/aromatic N) is 3. The number of benzene rings is 7. The molecular formula is C53H34N3S+. The van der Waals surface area contributed by atoms with E-state index in [1.54, 1.807) is 0 Å². The molecule has 0 amide bonds. The summed E-state index contributed by atoms with van der Waals surface area (Å²) in [6, 6.07) is 62.2. The van der Waals surface area contributed by atoms with Crippen LogP contribution in [0.2, 0.25) is 0 Å². The summed E-state index contributed by atoms with van der Waals surface area (Å²) in [6.07, 6.45) is 10.9. The summed E-state index contributed by atoms with van der Waals surface area (Å²) < 4.78 is 5.09. The van der Waals surface area contributed by atoms with Gasteiger partial charge in [0.1, 0.15) is 11.7 Å². The van der Waals surface area contributed by atoms with E-state index >= 15 is 0 Å². The van der Waals surface area contributed by atoms with Crippen molar-refractivity contribution in [3.63, 3.8) is 0 Å². The van der Waals surface area contributed by atoms with Gasteiger partial charge in [-0.1, -0.05) is 140 Å². The van der Waals surface area contributed by atoms with Gasteiger partial charge in [-0.3, -0.25) is 4.98 Å². The van der Waals surface area contributed by atoms with Crippen LogP contribution in [0.25, 0.3) is 75.9 Å². The Morgan fingerprint density at radius 2 is 1.21 bits per heavy atom. The number of para-hydroxylation sites is 2. The van der Waals surface area contributed by atoms with Crippen LogP contribution in [0, 0.1) is 0 Å². The number of fused-ring (bicyclic) bond motifs is 13. The quantitative estimate of drug-likeness (QED) is 0.168. The number of pyridine rings is 1. The second-order valence-corrected chi connectivity index (χ2v) is 15.9. The summed E-state index contributed by atoms with van der Waals surface area (Å²) in [4.78, 5) is 7.72. The molecule has 9 aromatic rings. The third kappa shape index (κ3) is 4.84. The van der Waals surface area contributed by atoms with Crippen molar-refractivity contribution in [1.82, 2.24) is 9.56 Å². The molecule has 1 unspecified atom stereocenters. The Hall–Kier alpha value is -7.14. The predicted molar refractivity (Wildman–Crippen MR) is 241 cm³/mol. The van der Waals surface area contributed by atoms with Crippen molar-refractivity contribution in [3.8, 4) is 55.8 Å². The Kier molecular flexibility index (Phi) is 7.16. The van der Waals surface area contributed by atoms with Crippen molar-refractivity contribution in [2.75, 3.05) is 4.90 Å². The first-order valence-corrected chi connectivity index (χ1v) is 20.3. The Morgan fingerprint density at radius 3 is 2.09 bits per heavy atom. The summed E-state index contributed by atoms with van der Waals surface area (Å²) in [5, 5.41) is 2.61. The molecule has 0 saturated heterocycles. The van der Waals surface area contributed by atoms with E-state index < -0.39 is 0 Å². The highest BCUT2D eigenvalue weighted by molar-refractivity contribution is 7.26. The van der Waals surface area contributed by atoms with Crippen LogP contribution in [0.4, 0.5) is 22.7 Å². The van der Waals surface area contributed by atoms with Crippen LogP contribution in [-0.2, 0) is 0 Å². The second kappa shape index (κ2) is 12.7. The molecule has 0 spiro atoms. The highest BCUT2D eigenvalue weighted by atomic mass is 32.1. The lowest BCUT2D eigenvalue weighted by Gasteiger charge is -2.36. The van der Waals surface area contributed by atoms with E-state index in [4.69, 9.17) is 4.98 Å². The molecule has 7 aromatic carbocycles. The minimum absolute atomic E-state index is 0.0127. The topological polar surface area (TPSA) is 19.1 Å². The molecule has 0 radical (unpaired) electrons. The zero-order chi connectivity index (χ0) is 37.5. The van der Waals surface area contributed by atoms with Crippen molar-refractivity contribution < 1.29 is 0 Å². The van der Waals surface area contributed by atoms with Crippen LogP contribution < -0.4 is 9.48 Å². The average molecular weight is 745 g/mol. The molecule has 2 aliphatic carbocycles. The summed E-state index contributed by atoms with van der Waals surface area (Å²) in [7, 11) is 0. The largest absolute Gasteiger partial charge is 0.319 e. The fourth-order valence-corrected chi connectivity index (χ4v) is 10.6. The van der Waals surface area contributed by atoms with E-state index in [-0.39, 0.29) is 6.04 Å². The lowest BCUT2D eigenvalue weighted by Crippen LogP contribution is -2.44. The van der Waals surface area contributed by atoms with Gasteiger partial charge in [0.2, 0.25) is 17.1 Å². The molecule has 3 aliphatic rings. The van der Waals surface area contributed by atoms with E-state index in [0.717, 1.165) is 45.1 Å². The van der Waals surface area contributed by atoms with Crippen molar-refractivity contribution >= 4 is 60.0 Å². The molecule has 4 heteroatoms. The van der Waals surface area contributed by atoms with Crippen LogP contribution in [0.5, 0.6) is 0 Å². The zero-order valence-corrected chi connectivity index (χ0v) is 31.7. The predicted octanol–water partition coefficient (Wildman–Crippen LogP) is 14.0. The van der Waals surface area contributed by atoms with Gasteiger partial charge in [0.15, 0.2) is 0 Å². The number of thiophene rings is 1. The summed E-state index contributed by atoms with van der Waals surface area (Å²) in [5.74, 6) is 0. The fourth-order valence-electron chi connectivity index (χ4n) is 9.38. The second-order valence-electron chi connectivity index (χ2n) is 14.8. The third-order valence-electron chi connectivity index (χ3n) is 11.8. The maximum absolute atomic E-state index is 5.22. The number of rotatable bonds is 3. The highest BCUT2D eigenvalue weighted by Crippen LogP contribution is 2.55. The first-order valence-electron chi connectivity index (χ1n) is 19.5. The first-order chi connectivity index (χ1) is 28.3. The minimum atomic E-state index is -0.0127. The number of hydrogen-bond donors (Lipinski definition) is 0. The first kappa shape index (κ1) is 32.1. The molecule has 1 atom stereocenters. The Balaban J connectivity index is 1.23. The van der Waals surface area contributed by atoms with Gasteiger partial charge >= 0.3 is 0 Å². The summed E-state index contributed by atoms with van der Waals surface area (Å²) >= 11 is 1.89. The molecule has 3 heterocycles. The van der Waals surface area contributed by atoms with Crippen molar-refractivity contribution in [3.05, 3.63) is 200 Å². The lowest BCUT2D eigenvalue weighted by atomic mass is 9.79.